The van der Waals surface area contributed by atoms with E-state index in [0.717, 1.165) is 12.1 Å². The summed E-state index contributed by atoms with van der Waals surface area (Å²) in [6, 6.07) is 6.31. The summed E-state index contributed by atoms with van der Waals surface area (Å²) in [6.45, 7) is 2.46. The zero-order valence-corrected chi connectivity index (χ0v) is 11.2. The van der Waals surface area contributed by atoms with Crippen molar-refractivity contribution in [1.82, 2.24) is 5.32 Å². The molecule has 4 N–H and O–H groups in total. The van der Waals surface area contributed by atoms with Crippen molar-refractivity contribution in [2.24, 2.45) is 10.7 Å². The minimum atomic E-state index is -0.0552. The molecule has 1 aliphatic rings. The monoisotopic (exact) mass is 260 g/mol. The normalized spacial score (nSPS) is 14.1. The van der Waals surface area contributed by atoms with Crippen molar-refractivity contribution in [1.29, 1.82) is 0 Å². The zero-order chi connectivity index (χ0) is 13.7. The molecule has 0 spiro atoms. The van der Waals surface area contributed by atoms with E-state index >= 15 is 0 Å². The minimum Gasteiger partial charge on any atom is -0.370 e. The maximum Gasteiger partial charge on any atom is 0.216 e. The summed E-state index contributed by atoms with van der Waals surface area (Å²) in [5.74, 6) is 0.323. The minimum absolute atomic E-state index is 0.0552. The summed E-state index contributed by atoms with van der Waals surface area (Å²) in [7, 11) is 0. The number of amides is 1. The Hall–Kier alpha value is -2.04. The number of aryl methyl sites for hydroxylation is 2. The molecule has 0 aliphatic heterocycles. The molecule has 0 saturated carbocycles. The van der Waals surface area contributed by atoms with Gasteiger partial charge in [-0.15, -0.1) is 0 Å². The lowest BCUT2D eigenvalue weighted by molar-refractivity contribution is -0.118. The molecule has 5 heteroatoms. The van der Waals surface area contributed by atoms with Crippen LogP contribution in [0.25, 0.3) is 0 Å². The number of benzene rings is 1. The maximum atomic E-state index is 10.7. The van der Waals surface area contributed by atoms with Crippen LogP contribution in [0.3, 0.4) is 0 Å². The van der Waals surface area contributed by atoms with E-state index in [1.54, 1.807) is 0 Å². The van der Waals surface area contributed by atoms with Crippen molar-refractivity contribution in [3.63, 3.8) is 0 Å². The Morgan fingerprint density at radius 2 is 2.16 bits per heavy atom. The summed E-state index contributed by atoms with van der Waals surface area (Å²) in [4.78, 5) is 14.8. The van der Waals surface area contributed by atoms with Crippen molar-refractivity contribution >= 4 is 17.6 Å². The molecule has 1 aliphatic carbocycles. The average Bonchev–Trinajstić information content (AvgIpc) is 2.82. The molecule has 0 heterocycles. The van der Waals surface area contributed by atoms with Gasteiger partial charge >= 0.3 is 0 Å². The predicted molar refractivity (Wildman–Crippen MR) is 77.3 cm³/mol. The van der Waals surface area contributed by atoms with Gasteiger partial charge in [-0.05, 0) is 42.5 Å². The van der Waals surface area contributed by atoms with E-state index in [4.69, 9.17) is 5.73 Å². The molecule has 1 amide bonds. The molecule has 1 aromatic rings. The Labute approximate surface area is 113 Å². The lowest BCUT2D eigenvalue weighted by Crippen LogP contribution is -2.27. The van der Waals surface area contributed by atoms with Gasteiger partial charge in [0.15, 0.2) is 5.96 Å². The molecule has 0 bridgehead atoms. The summed E-state index contributed by atoms with van der Waals surface area (Å²) in [5, 5.41) is 5.74. The van der Waals surface area contributed by atoms with Gasteiger partial charge in [0.25, 0.3) is 0 Å². The maximum absolute atomic E-state index is 10.7. The number of hydrogen-bond donors (Lipinski definition) is 3. The second-order valence-corrected chi connectivity index (χ2v) is 4.71. The van der Waals surface area contributed by atoms with E-state index in [1.165, 1.54) is 30.9 Å². The fraction of sp³-hybridized carbons (Fsp3) is 0.429. The van der Waals surface area contributed by atoms with Crippen LogP contribution in [0.5, 0.6) is 0 Å². The highest BCUT2D eigenvalue weighted by Gasteiger charge is 2.10. The van der Waals surface area contributed by atoms with Gasteiger partial charge in [-0.25, -0.2) is 0 Å². The average molecular weight is 260 g/mol. The largest absolute Gasteiger partial charge is 0.370 e. The second kappa shape index (κ2) is 6.22. The summed E-state index contributed by atoms with van der Waals surface area (Å²) in [6.07, 6.45) is 3.55. The number of nitrogens with two attached hydrogens (primary N) is 1. The molecule has 0 unspecified atom stereocenters. The quantitative estimate of drug-likeness (QED) is 0.430. The predicted octanol–water partition coefficient (Wildman–Crippen LogP) is 1.04. The van der Waals surface area contributed by atoms with Gasteiger partial charge in [-0.2, -0.15) is 0 Å². The van der Waals surface area contributed by atoms with Crippen molar-refractivity contribution < 1.29 is 4.79 Å². The second-order valence-electron chi connectivity index (χ2n) is 4.71. The molecule has 102 valence electrons. The molecule has 0 fully saturated rings. The molecular formula is C14H20N4O. The fourth-order valence-electron chi connectivity index (χ4n) is 2.25. The number of nitrogens with zero attached hydrogens (tertiary/aromatic N) is 1. The van der Waals surface area contributed by atoms with Crippen LogP contribution in [0, 0.1) is 0 Å². The van der Waals surface area contributed by atoms with Crippen LogP contribution in [0.2, 0.25) is 0 Å². The van der Waals surface area contributed by atoms with Crippen LogP contribution in [0.4, 0.5) is 5.69 Å². The van der Waals surface area contributed by atoms with Crippen LogP contribution >= 0.6 is 0 Å². The first kappa shape index (κ1) is 13.4. The Bertz CT molecular complexity index is 496. The van der Waals surface area contributed by atoms with Gasteiger partial charge in [0.1, 0.15) is 0 Å². The Morgan fingerprint density at radius 1 is 1.37 bits per heavy atom. The molecule has 1 aromatic carbocycles. The van der Waals surface area contributed by atoms with Crippen LogP contribution in [0.1, 0.15) is 24.5 Å². The Balaban J connectivity index is 1.86. The molecule has 0 radical (unpaired) electrons. The van der Waals surface area contributed by atoms with E-state index in [2.05, 4.69) is 27.8 Å². The smallest absolute Gasteiger partial charge is 0.216 e. The number of carbonyl (C=O) groups is 1. The van der Waals surface area contributed by atoms with Crippen molar-refractivity contribution in [3.8, 4) is 0 Å². The number of anilines is 1. The summed E-state index contributed by atoms with van der Waals surface area (Å²) >= 11 is 0. The molecule has 2 rings (SSSR count). The van der Waals surface area contributed by atoms with Crippen molar-refractivity contribution in [3.05, 3.63) is 29.3 Å². The zero-order valence-electron chi connectivity index (χ0n) is 11.2. The van der Waals surface area contributed by atoms with Gasteiger partial charge in [0.2, 0.25) is 5.91 Å². The van der Waals surface area contributed by atoms with Gasteiger partial charge < -0.3 is 16.4 Å². The van der Waals surface area contributed by atoms with E-state index in [9.17, 15) is 4.79 Å². The number of fused-ring (bicyclic) bond motifs is 1. The Kier molecular flexibility index (Phi) is 4.39. The van der Waals surface area contributed by atoms with Crippen LogP contribution in [-0.2, 0) is 17.6 Å². The van der Waals surface area contributed by atoms with Gasteiger partial charge in [0, 0.05) is 19.2 Å². The van der Waals surface area contributed by atoms with Crippen LogP contribution in [-0.4, -0.2) is 25.0 Å². The number of carbonyl (C=O) groups excluding carboxylic acids is 1. The topological polar surface area (TPSA) is 79.5 Å². The van der Waals surface area contributed by atoms with E-state index in [1.807, 2.05) is 6.07 Å². The first-order valence-electron chi connectivity index (χ1n) is 6.58. The fourth-order valence-corrected chi connectivity index (χ4v) is 2.25. The highest BCUT2D eigenvalue weighted by Crippen LogP contribution is 2.24. The number of nitrogens with one attached hydrogen (secondary N) is 2. The molecule has 5 nitrogen and oxygen atoms in total. The lowest BCUT2D eigenvalue weighted by atomic mass is 10.1. The van der Waals surface area contributed by atoms with Crippen LogP contribution < -0.4 is 16.4 Å². The van der Waals surface area contributed by atoms with Gasteiger partial charge in [-0.3, -0.25) is 9.79 Å². The Morgan fingerprint density at radius 3 is 2.95 bits per heavy atom. The highest BCUT2D eigenvalue weighted by molar-refractivity contribution is 5.92. The van der Waals surface area contributed by atoms with E-state index in [0.29, 0.717) is 19.0 Å². The first-order valence-corrected chi connectivity index (χ1v) is 6.58. The summed E-state index contributed by atoms with van der Waals surface area (Å²) in [5.41, 5.74) is 9.60. The standard InChI is InChI=1S/C14H20N4O/c1-10(19)16-7-8-17-14(15)18-13-6-5-11-3-2-4-12(11)9-13/h5-6,9H,2-4,7-8H2,1H3,(H,16,19)(H3,15,17,18). The highest BCUT2D eigenvalue weighted by atomic mass is 16.1. The third-order valence-corrected chi connectivity index (χ3v) is 3.14. The number of hydrogen-bond acceptors (Lipinski definition) is 2. The molecule has 0 saturated heterocycles. The lowest BCUT2D eigenvalue weighted by Gasteiger charge is -2.08. The van der Waals surface area contributed by atoms with Gasteiger partial charge in [0.05, 0.1) is 6.54 Å². The van der Waals surface area contributed by atoms with Gasteiger partial charge in [-0.1, -0.05) is 6.07 Å². The van der Waals surface area contributed by atoms with Crippen molar-refractivity contribution in [2.75, 3.05) is 18.4 Å². The third kappa shape index (κ3) is 3.98. The van der Waals surface area contributed by atoms with E-state index in [-0.39, 0.29) is 5.91 Å². The number of aliphatic imine (C=N–C) groups is 1. The van der Waals surface area contributed by atoms with E-state index < -0.39 is 0 Å². The number of rotatable bonds is 4. The van der Waals surface area contributed by atoms with Crippen LogP contribution in [0.15, 0.2) is 23.2 Å². The molecule has 0 aromatic heterocycles. The molecule has 19 heavy (non-hydrogen) atoms. The first-order chi connectivity index (χ1) is 9.15. The third-order valence-electron chi connectivity index (χ3n) is 3.14. The van der Waals surface area contributed by atoms with Crippen molar-refractivity contribution in [2.45, 2.75) is 26.2 Å². The number of guanidine groups is 1. The molecule has 0 atom stereocenters. The SMILES string of the molecule is CC(=O)NCCN=C(N)Nc1ccc2c(c1)CCC2. The molecular weight excluding hydrogens is 240 g/mol. The summed E-state index contributed by atoms with van der Waals surface area (Å²) < 4.78 is 0.